The molecule has 0 bridgehead atoms. The standard InChI is InChI=1S/C16H26N2/c1-4-11-17-13(2)15-7-5-6-8-16(15)18(3)12-14-9-10-14/h5-8,13-14,17H,4,9-12H2,1-3H3. The number of nitrogens with one attached hydrogen (secondary N) is 1. The van der Waals surface area contributed by atoms with E-state index >= 15 is 0 Å². The molecule has 1 fully saturated rings. The summed E-state index contributed by atoms with van der Waals surface area (Å²) in [6.07, 6.45) is 4.01. The van der Waals surface area contributed by atoms with Gasteiger partial charge >= 0.3 is 0 Å². The van der Waals surface area contributed by atoms with Gasteiger partial charge in [0.2, 0.25) is 0 Å². The smallest absolute Gasteiger partial charge is 0.0412 e. The molecular formula is C16H26N2. The molecule has 1 aromatic rings. The van der Waals surface area contributed by atoms with Crippen molar-refractivity contribution in [3.8, 4) is 0 Å². The molecule has 0 spiro atoms. The van der Waals surface area contributed by atoms with Crippen LogP contribution in [0.1, 0.15) is 44.7 Å². The lowest BCUT2D eigenvalue weighted by Gasteiger charge is -2.25. The average molecular weight is 246 g/mol. The number of nitrogens with zero attached hydrogens (tertiary/aromatic N) is 1. The van der Waals surface area contributed by atoms with Crippen molar-refractivity contribution in [3.05, 3.63) is 29.8 Å². The number of anilines is 1. The normalized spacial score (nSPS) is 16.6. The molecule has 1 aromatic carbocycles. The van der Waals surface area contributed by atoms with Crippen molar-refractivity contribution in [2.24, 2.45) is 5.92 Å². The van der Waals surface area contributed by atoms with E-state index in [9.17, 15) is 0 Å². The molecule has 0 amide bonds. The van der Waals surface area contributed by atoms with Crippen LogP contribution in [0.15, 0.2) is 24.3 Å². The molecule has 1 N–H and O–H groups in total. The van der Waals surface area contributed by atoms with Gasteiger partial charge in [0.05, 0.1) is 0 Å². The highest BCUT2D eigenvalue weighted by atomic mass is 15.1. The van der Waals surface area contributed by atoms with E-state index < -0.39 is 0 Å². The summed E-state index contributed by atoms with van der Waals surface area (Å²) < 4.78 is 0. The van der Waals surface area contributed by atoms with Crippen molar-refractivity contribution in [1.82, 2.24) is 5.32 Å². The fourth-order valence-electron chi connectivity index (χ4n) is 2.46. The topological polar surface area (TPSA) is 15.3 Å². The van der Waals surface area contributed by atoms with Crippen LogP contribution in [0.4, 0.5) is 5.69 Å². The zero-order valence-electron chi connectivity index (χ0n) is 11.9. The second-order valence-corrected chi connectivity index (χ2v) is 5.56. The predicted molar refractivity (Wildman–Crippen MR) is 79.1 cm³/mol. The van der Waals surface area contributed by atoms with Crippen molar-refractivity contribution < 1.29 is 0 Å². The third kappa shape index (κ3) is 3.49. The van der Waals surface area contributed by atoms with Crippen molar-refractivity contribution in [1.29, 1.82) is 0 Å². The van der Waals surface area contributed by atoms with Crippen LogP contribution >= 0.6 is 0 Å². The fourth-order valence-corrected chi connectivity index (χ4v) is 2.46. The largest absolute Gasteiger partial charge is 0.374 e. The molecule has 0 radical (unpaired) electrons. The Morgan fingerprint density at radius 3 is 2.72 bits per heavy atom. The van der Waals surface area contributed by atoms with Gasteiger partial charge in [-0.15, -0.1) is 0 Å². The van der Waals surface area contributed by atoms with Crippen molar-refractivity contribution in [2.45, 2.75) is 39.2 Å². The molecule has 0 aromatic heterocycles. The van der Waals surface area contributed by atoms with E-state index in [2.05, 4.69) is 55.4 Å². The maximum Gasteiger partial charge on any atom is 0.0412 e. The Morgan fingerprint density at radius 2 is 2.06 bits per heavy atom. The van der Waals surface area contributed by atoms with Crippen molar-refractivity contribution in [3.63, 3.8) is 0 Å². The van der Waals surface area contributed by atoms with Crippen LogP contribution in [0.3, 0.4) is 0 Å². The number of hydrogen-bond donors (Lipinski definition) is 1. The van der Waals surface area contributed by atoms with Crippen LogP contribution in [0.5, 0.6) is 0 Å². The van der Waals surface area contributed by atoms with E-state index in [1.54, 1.807) is 0 Å². The van der Waals surface area contributed by atoms with Gasteiger partial charge in [0.1, 0.15) is 0 Å². The Labute approximate surface area is 111 Å². The van der Waals surface area contributed by atoms with E-state index in [1.807, 2.05) is 0 Å². The van der Waals surface area contributed by atoms with E-state index in [0.29, 0.717) is 6.04 Å². The molecule has 100 valence electrons. The highest BCUT2D eigenvalue weighted by molar-refractivity contribution is 5.54. The summed E-state index contributed by atoms with van der Waals surface area (Å²) in [4.78, 5) is 2.43. The Bertz CT molecular complexity index is 371. The maximum absolute atomic E-state index is 3.59. The van der Waals surface area contributed by atoms with Gasteiger partial charge in [-0.2, -0.15) is 0 Å². The van der Waals surface area contributed by atoms with E-state index in [-0.39, 0.29) is 0 Å². The first kappa shape index (κ1) is 13.4. The Balaban J connectivity index is 2.07. The molecule has 2 rings (SSSR count). The third-order valence-electron chi connectivity index (χ3n) is 3.74. The summed E-state index contributed by atoms with van der Waals surface area (Å²) in [6, 6.07) is 9.24. The first-order chi connectivity index (χ1) is 8.72. The van der Waals surface area contributed by atoms with Crippen LogP contribution in [0.25, 0.3) is 0 Å². The van der Waals surface area contributed by atoms with Crippen LogP contribution in [0, 0.1) is 5.92 Å². The lowest BCUT2D eigenvalue weighted by atomic mass is 10.0. The molecule has 0 heterocycles. The Kier molecular flexibility index (Phi) is 4.65. The summed E-state index contributed by atoms with van der Waals surface area (Å²) in [6.45, 7) is 6.77. The number of para-hydroxylation sites is 1. The third-order valence-corrected chi connectivity index (χ3v) is 3.74. The highest BCUT2D eigenvalue weighted by Gasteiger charge is 2.24. The lowest BCUT2D eigenvalue weighted by molar-refractivity contribution is 0.569. The predicted octanol–water partition coefficient (Wildman–Crippen LogP) is 3.59. The van der Waals surface area contributed by atoms with Gasteiger partial charge in [0.25, 0.3) is 0 Å². The first-order valence-corrected chi connectivity index (χ1v) is 7.25. The van der Waals surface area contributed by atoms with Crippen molar-refractivity contribution >= 4 is 5.69 Å². The van der Waals surface area contributed by atoms with Gasteiger partial charge in [-0.05, 0) is 50.3 Å². The fraction of sp³-hybridized carbons (Fsp3) is 0.625. The van der Waals surface area contributed by atoms with E-state index in [0.717, 1.165) is 12.5 Å². The van der Waals surface area contributed by atoms with Gasteiger partial charge in [0.15, 0.2) is 0 Å². The van der Waals surface area contributed by atoms with Gasteiger partial charge in [-0.25, -0.2) is 0 Å². The molecule has 1 atom stereocenters. The quantitative estimate of drug-likeness (QED) is 0.791. The molecule has 1 aliphatic carbocycles. The number of hydrogen-bond acceptors (Lipinski definition) is 2. The summed E-state index contributed by atoms with van der Waals surface area (Å²) in [5.74, 6) is 0.932. The van der Waals surface area contributed by atoms with E-state index in [4.69, 9.17) is 0 Å². The minimum absolute atomic E-state index is 0.433. The SMILES string of the molecule is CCCNC(C)c1ccccc1N(C)CC1CC1. The number of rotatable bonds is 7. The maximum atomic E-state index is 3.59. The molecule has 0 aliphatic heterocycles. The summed E-state index contributed by atoms with van der Waals surface area (Å²) in [7, 11) is 2.23. The zero-order chi connectivity index (χ0) is 13.0. The monoisotopic (exact) mass is 246 g/mol. The molecule has 18 heavy (non-hydrogen) atoms. The number of benzene rings is 1. The molecular weight excluding hydrogens is 220 g/mol. The summed E-state index contributed by atoms with van der Waals surface area (Å²) in [5.41, 5.74) is 2.81. The first-order valence-electron chi connectivity index (χ1n) is 7.25. The molecule has 1 saturated carbocycles. The molecule has 1 unspecified atom stereocenters. The Hall–Kier alpha value is -1.02. The average Bonchev–Trinajstić information content (AvgIpc) is 3.19. The second kappa shape index (κ2) is 6.24. The van der Waals surface area contributed by atoms with Gasteiger partial charge < -0.3 is 10.2 Å². The summed E-state index contributed by atoms with van der Waals surface area (Å²) >= 11 is 0. The molecule has 1 aliphatic rings. The minimum atomic E-state index is 0.433. The summed E-state index contributed by atoms with van der Waals surface area (Å²) in [5, 5.41) is 3.59. The molecule has 0 saturated heterocycles. The van der Waals surface area contributed by atoms with Crippen molar-refractivity contribution in [2.75, 3.05) is 25.0 Å². The van der Waals surface area contributed by atoms with Crippen LogP contribution in [-0.2, 0) is 0 Å². The second-order valence-electron chi connectivity index (χ2n) is 5.56. The van der Waals surface area contributed by atoms with Gasteiger partial charge in [-0.1, -0.05) is 25.1 Å². The van der Waals surface area contributed by atoms with Crippen LogP contribution in [-0.4, -0.2) is 20.1 Å². The van der Waals surface area contributed by atoms with E-state index in [1.165, 1.54) is 37.1 Å². The zero-order valence-corrected chi connectivity index (χ0v) is 11.9. The molecule has 2 nitrogen and oxygen atoms in total. The molecule has 2 heteroatoms. The van der Waals surface area contributed by atoms with Crippen LogP contribution in [0.2, 0.25) is 0 Å². The van der Waals surface area contributed by atoms with Gasteiger partial charge in [0, 0.05) is 25.3 Å². The minimum Gasteiger partial charge on any atom is -0.374 e. The van der Waals surface area contributed by atoms with Gasteiger partial charge in [-0.3, -0.25) is 0 Å². The van der Waals surface area contributed by atoms with Crippen LogP contribution < -0.4 is 10.2 Å². The Morgan fingerprint density at radius 1 is 1.33 bits per heavy atom. The lowest BCUT2D eigenvalue weighted by Crippen LogP contribution is -2.25. The highest BCUT2D eigenvalue weighted by Crippen LogP contribution is 2.33.